The molecule has 0 aliphatic carbocycles. The van der Waals surface area contributed by atoms with Gasteiger partial charge in [0, 0.05) is 33.5 Å². The van der Waals surface area contributed by atoms with Gasteiger partial charge < -0.3 is 15.2 Å². The third-order valence-corrected chi connectivity index (χ3v) is 8.03. The number of aromatic nitrogens is 1. The molecule has 4 aromatic rings. The second kappa shape index (κ2) is 9.07. The Balaban J connectivity index is 1.60. The molecular formula is C31H31ClN2O3. The van der Waals surface area contributed by atoms with Crippen LogP contribution in [0.25, 0.3) is 22.0 Å². The predicted molar refractivity (Wildman–Crippen MR) is 150 cm³/mol. The third-order valence-electron chi connectivity index (χ3n) is 7.70. The fourth-order valence-corrected chi connectivity index (χ4v) is 5.60. The highest BCUT2D eigenvalue weighted by Gasteiger charge is 2.41. The summed E-state index contributed by atoms with van der Waals surface area (Å²) in [6.07, 6.45) is 2.82. The van der Waals surface area contributed by atoms with Gasteiger partial charge in [-0.05, 0) is 82.3 Å². The predicted octanol–water partition coefficient (Wildman–Crippen LogP) is 7.53. The molecule has 2 N–H and O–H groups in total. The zero-order valence-corrected chi connectivity index (χ0v) is 22.8. The van der Waals surface area contributed by atoms with Crippen LogP contribution in [0.15, 0.2) is 42.6 Å². The van der Waals surface area contributed by atoms with E-state index >= 15 is 0 Å². The summed E-state index contributed by atoms with van der Waals surface area (Å²) in [5.74, 6) is 0.732. The molecule has 37 heavy (non-hydrogen) atoms. The van der Waals surface area contributed by atoms with Crippen LogP contribution in [0.4, 0.5) is 5.69 Å². The topological polar surface area (TPSA) is 71.5 Å². The second-order valence-electron chi connectivity index (χ2n) is 10.3. The molecule has 1 aliphatic rings. The van der Waals surface area contributed by atoms with E-state index in [9.17, 15) is 9.90 Å². The van der Waals surface area contributed by atoms with Crippen LogP contribution in [-0.2, 0) is 11.2 Å². The Morgan fingerprint density at radius 2 is 1.81 bits per heavy atom. The van der Waals surface area contributed by atoms with Gasteiger partial charge in [0.2, 0.25) is 0 Å². The Morgan fingerprint density at radius 1 is 1.08 bits per heavy atom. The van der Waals surface area contributed by atoms with E-state index in [-0.39, 0.29) is 5.91 Å². The molecule has 0 saturated carbocycles. The first-order valence-electron chi connectivity index (χ1n) is 12.5. The zero-order chi connectivity index (χ0) is 26.6. The maximum Gasteiger partial charge on any atom is 0.268 e. The molecule has 0 bridgehead atoms. The second-order valence-corrected chi connectivity index (χ2v) is 10.7. The lowest BCUT2D eigenvalue weighted by molar-refractivity contribution is -0.131. The minimum absolute atomic E-state index is 0.250. The van der Waals surface area contributed by atoms with Crippen molar-refractivity contribution >= 4 is 34.1 Å². The number of nitrogens with one attached hydrogen (secondary N) is 1. The minimum atomic E-state index is -1.09. The highest BCUT2D eigenvalue weighted by molar-refractivity contribution is 6.34. The first kappa shape index (κ1) is 25.1. The molecule has 5 rings (SSSR count). The summed E-state index contributed by atoms with van der Waals surface area (Å²) >= 11 is 6.66. The Labute approximate surface area is 222 Å². The largest absolute Gasteiger partial charge is 0.507 e. The van der Waals surface area contributed by atoms with E-state index in [0.717, 1.165) is 55.4 Å². The number of carbonyl (C=O) groups excluding carboxylic acids is 1. The molecule has 0 saturated heterocycles. The van der Waals surface area contributed by atoms with Crippen molar-refractivity contribution in [1.82, 2.24) is 4.98 Å². The number of amides is 1. The number of aryl methyl sites for hydroxylation is 2. The Kier molecular flexibility index (Phi) is 6.15. The Hall–Kier alpha value is -3.57. The molecule has 6 heteroatoms. The van der Waals surface area contributed by atoms with Crippen LogP contribution in [-0.4, -0.2) is 21.6 Å². The Bertz CT molecular complexity index is 1590. The quantitative estimate of drug-likeness (QED) is 0.296. The monoisotopic (exact) mass is 514 g/mol. The molecule has 1 aromatic heterocycles. The van der Waals surface area contributed by atoms with Crippen molar-refractivity contribution < 1.29 is 14.6 Å². The van der Waals surface area contributed by atoms with E-state index in [1.54, 1.807) is 6.20 Å². The van der Waals surface area contributed by atoms with Gasteiger partial charge in [0.15, 0.2) is 5.60 Å². The number of nitrogens with zero attached hydrogens (tertiary/aromatic N) is 1. The van der Waals surface area contributed by atoms with Gasteiger partial charge >= 0.3 is 0 Å². The molecule has 1 aliphatic heterocycles. The maximum absolute atomic E-state index is 13.8. The summed E-state index contributed by atoms with van der Waals surface area (Å²) < 4.78 is 6.43. The SMILES string of the molecule is Cc1cc(C)c2ncc(NC(=O)C3(C)CCc4c(C)c(O)c(C)c(C)c4O3)c(-c3ccccc3Cl)c2c1. The fraction of sp³-hybridized carbons (Fsp3) is 0.290. The lowest BCUT2D eigenvalue weighted by atomic mass is 9.86. The number of phenols is 1. The lowest BCUT2D eigenvalue weighted by Crippen LogP contribution is -2.48. The molecule has 0 spiro atoms. The molecule has 1 unspecified atom stereocenters. The molecule has 2 heterocycles. The average molecular weight is 515 g/mol. The highest BCUT2D eigenvalue weighted by atomic mass is 35.5. The van der Waals surface area contributed by atoms with E-state index in [2.05, 4.69) is 17.4 Å². The summed E-state index contributed by atoms with van der Waals surface area (Å²) in [5.41, 5.74) is 7.58. The summed E-state index contributed by atoms with van der Waals surface area (Å²) in [6, 6.07) is 11.8. The van der Waals surface area contributed by atoms with Gasteiger partial charge in [0.1, 0.15) is 11.5 Å². The lowest BCUT2D eigenvalue weighted by Gasteiger charge is -2.36. The molecule has 1 amide bonds. The summed E-state index contributed by atoms with van der Waals surface area (Å²) in [6.45, 7) is 11.6. The summed E-state index contributed by atoms with van der Waals surface area (Å²) in [4.78, 5) is 18.6. The molecule has 5 nitrogen and oxygen atoms in total. The minimum Gasteiger partial charge on any atom is -0.507 e. The number of halogens is 1. The maximum atomic E-state index is 13.8. The van der Waals surface area contributed by atoms with Crippen LogP contribution in [0, 0.1) is 34.6 Å². The summed E-state index contributed by atoms with van der Waals surface area (Å²) in [7, 11) is 0. The number of aromatic hydroxyl groups is 1. The number of hydrogen-bond acceptors (Lipinski definition) is 4. The zero-order valence-electron chi connectivity index (χ0n) is 22.0. The van der Waals surface area contributed by atoms with Crippen LogP contribution < -0.4 is 10.1 Å². The smallest absolute Gasteiger partial charge is 0.268 e. The standard InChI is InChI=1S/C31H31ClN2O3/c1-16-13-17(2)27-23(14-16)26(22-9-7-8-10-24(22)32)25(15-33-27)34-30(36)31(6)12-11-21-20(5)28(35)18(3)19(4)29(21)37-31/h7-10,13-15,35H,11-12H2,1-6H3,(H,34,36). The number of benzene rings is 3. The number of phenolic OH excluding ortho intramolecular Hbond substituents is 1. The van der Waals surface area contributed by atoms with Gasteiger partial charge in [-0.3, -0.25) is 9.78 Å². The van der Waals surface area contributed by atoms with Crippen LogP contribution >= 0.6 is 11.6 Å². The molecule has 3 aromatic carbocycles. The first-order valence-corrected chi connectivity index (χ1v) is 12.9. The van der Waals surface area contributed by atoms with Gasteiger partial charge in [0.05, 0.1) is 17.4 Å². The summed E-state index contributed by atoms with van der Waals surface area (Å²) in [5, 5.41) is 15.2. The van der Waals surface area contributed by atoms with Crippen LogP contribution in [0.1, 0.15) is 46.7 Å². The molecule has 0 radical (unpaired) electrons. The van der Waals surface area contributed by atoms with E-state index < -0.39 is 5.60 Å². The van der Waals surface area contributed by atoms with Crippen molar-refractivity contribution in [2.24, 2.45) is 0 Å². The number of pyridine rings is 1. The van der Waals surface area contributed by atoms with E-state index in [4.69, 9.17) is 21.3 Å². The number of ether oxygens (including phenoxy) is 1. The van der Waals surface area contributed by atoms with Crippen LogP contribution in [0.3, 0.4) is 0 Å². The van der Waals surface area contributed by atoms with Crippen molar-refractivity contribution in [1.29, 1.82) is 0 Å². The van der Waals surface area contributed by atoms with Crippen molar-refractivity contribution in [3.8, 4) is 22.6 Å². The normalized spacial score (nSPS) is 16.8. The molecule has 190 valence electrons. The number of carbonyl (C=O) groups is 1. The van der Waals surface area contributed by atoms with Crippen molar-refractivity contribution in [2.75, 3.05) is 5.32 Å². The highest BCUT2D eigenvalue weighted by Crippen LogP contribution is 2.44. The molecular weight excluding hydrogens is 484 g/mol. The van der Waals surface area contributed by atoms with Gasteiger partial charge in [-0.25, -0.2) is 0 Å². The third kappa shape index (κ3) is 4.11. The average Bonchev–Trinajstić information content (AvgIpc) is 2.86. The fourth-order valence-electron chi connectivity index (χ4n) is 5.37. The van der Waals surface area contributed by atoms with Gasteiger partial charge in [-0.1, -0.05) is 41.4 Å². The van der Waals surface area contributed by atoms with Gasteiger partial charge in [-0.15, -0.1) is 0 Å². The van der Waals surface area contributed by atoms with Gasteiger partial charge in [-0.2, -0.15) is 0 Å². The number of hydrogen-bond donors (Lipinski definition) is 2. The van der Waals surface area contributed by atoms with Gasteiger partial charge in [0.25, 0.3) is 5.91 Å². The number of rotatable bonds is 3. The van der Waals surface area contributed by atoms with Crippen molar-refractivity contribution in [2.45, 2.75) is 60.0 Å². The van der Waals surface area contributed by atoms with Crippen molar-refractivity contribution in [3.63, 3.8) is 0 Å². The van der Waals surface area contributed by atoms with E-state index in [0.29, 0.717) is 35.1 Å². The molecule has 0 fully saturated rings. The van der Waals surface area contributed by atoms with E-state index in [1.165, 1.54) is 0 Å². The van der Waals surface area contributed by atoms with E-state index in [1.807, 2.05) is 65.8 Å². The number of anilines is 1. The number of fused-ring (bicyclic) bond motifs is 2. The van der Waals surface area contributed by atoms with Crippen LogP contribution in [0.2, 0.25) is 5.02 Å². The molecule has 1 atom stereocenters. The van der Waals surface area contributed by atoms with Crippen molar-refractivity contribution in [3.05, 3.63) is 81.0 Å². The first-order chi connectivity index (χ1) is 17.5. The van der Waals surface area contributed by atoms with Crippen LogP contribution in [0.5, 0.6) is 11.5 Å². The Morgan fingerprint density at radius 3 is 2.54 bits per heavy atom.